The molecule has 0 aliphatic carbocycles. The van der Waals surface area contributed by atoms with Crippen molar-refractivity contribution < 1.29 is 0 Å². The summed E-state index contributed by atoms with van der Waals surface area (Å²) in [6, 6.07) is 7.67. The highest BCUT2D eigenvalue weighted by atomic mass is 16.1. The number of nitrogens with zero attached hydrogens (tertiary/aromatic N) is 3. The minimum atomic E-state index is -0.0397. The van der Waals surface area contributed by atoms with Gasteiger partial charge >= 0.3 is 0 Å². The number of nitrogens with one attached hydrogen (secondary N) is 2. The molecular formula is C17H19N5O. The summed E-state index contributed by atoms with van der Waals surface area (Å²) >= 11 is 0. The fourth-order valence-corrected chi connectivity index (χ4v) is 2.53. The molecule has 0 bridgehead atoms. The second-order valence-corrected chi connectivity index (χ2v) is 5.32. The molecule has 0 aliphatic heterocycles. The van der Waals surface area contributed by atoms with Gasteiger partial charge in [-0.3, -0.25) is 4.79 Å². The quantitative estimate of drug-likeness (QED) is 0.775. The van der Waals surface area contributed by atoms with Gasteiger partial charge in [-0.2, -0.15) is 0 Å². The molecule has 0 atom stereocenters. The average Bonchev–Trinajstić information content (AvgIpc) is 2.54. The summed E-state index contributed by atoms with van der Waals surface area (Å²) in [4.78, 5) is 21.3. The molecule has 0 spiro atoms. The molecule has 0 amide bonds. The molecule has 3 rings (SSSR count). The third-order valence-electron chi connectivity index (χ3n) is 3.71. The van der Waals surface area contributed by atoms with E-state index in [-0.39, 0.29) is 5.56 Å². The first-order chi connectivity index (χ1) is 11.1. The molecule has 0 fully saturated rings. The van der Waals surface area contributed by atoms with Crippen LogP contribution in [0.2, 0.25) is 0 Å². The largest absolute Gasteiger partial charge is 0.372 e. The highest BCUT2D eigenvalue weighted by molar-refractivity contribution is 5.93. The molecule has 3 aromatic rings. The van der Waals surface area contributed by atoms with Gasteiger partial charge in [-0.1, -0.05) is 0 Å². The van der Waals surface area contributed by atoms with Gasteiger partial charge in [0.2, 0.25) is 0 Å². The molecule has 0 aromatic carbocycles. The van der Waals surface area contributed by atoms with E-state index in [1.165, 1.54) is 0 Å². The van der Waals surface area contributed by atoms with Crippen molar-refractivity contribution in [3.8, 4) is 0 Å². The molecule has 3 aromatic heterocycles. The predicted molar refractivity (Wildman–Crippen MR) is 93.5 cm³/mol. The highest BCUT2D eigenvalue weighted by Gasteiger charge is 2.11. The van der Waals surface area contributed by atoms with E-state index in [1.807, 2.05) is 38.1 Å². The van der Waals surface area contributed by atoms with Gasteiger partial charge in [0.25, 0.3) is 5.56 Å². The van der Waals surface area contributed by atoms with E-state index >= 15 is 0 Å². The number of fused-ring (bicyclic) bond motifs is 1. The van der Waals surface area contributed by atoms with Crippen LogP contribution in [0.4, 0.5) is 17.5 Å². The van der Waals surface area contributed by atoms with Crippen molar-refractivity contribution in [1.82, 2.24) is 14.5 Å². The minimum Gasteiger partial charge on any atom is -0.372 e. The van der Waals surface area contributed by atoms with E-state index in [0.717, 1.165) is 16.8 Å². The number of anilines is 3. The van der Waals surface area contributed by atoms with Crippen molar-refractivity contribution in [3.63, 3.8) is 0 Å². The fraction of sp³-hybridized carbons (Fsp3) is 0.235. The molecule has 0 radical (unpaired) electrons. The maximum Gasteiger partial charge on any atom is 0.262 e. The topological polar surface area (TPSA) is 71.8 Å². The van der Waals surface area contributed by atoms with E-state index in [0.29, 0.717) is 23.6 Å². The second kappa shape index (κ2) is 6.08. The van der Waals surface area contributed by atoms with E-state index in [9.17, 15) is 4.79 Å². The molecule has 3 heterocycles. The monoisotopic (exact) mass is 309 g/mol. The summed E-state index contributed by atoms with van der Waals surface area (Å²) in [6.07, 6.45) is 3.55. The number of rotatable bonds is 4. The number of hydrogen-bond acceptors (Lipinski definition) is 5. The third-order valence-corrected chi connectivity index (χ3v) is 3.71. The SMILES string of the molecule is CCn1ccc2cc(Nc3cc(C)ccn3)nc(NC)c2c1=O. The van der Waals surface area contributed by atoms with Gasteiger partial charge < -0.3 is 15.2 Å². The van der Waals surface area contributed by atoms with Crippen molar-refractivity contribution >= 4 is 28.2 Å². The third kappa shape index (κ3) is 2.88. The molecule has 2 N–H and O–H groups in total. The Morgan fingerprint density at radius 1 is 1.22 bits per heavy atom. The van der Waals surface area contributed by atoms with Gasteiger partial charge in [0.1, 0.15) is 17.5 Å². The molecule has 0 saturated carbocycles. The number of pyridine rings is 3. The molecule has 118 valence electrons. The summed E-state index contributed by atoms with van der Waals surface area (Å²) < 4.78 is 1.67. The van der Waals surface area contributed by atoms with E-state index in [4.69, 9.17) is 0 Å². The Labute approximate surface area is 134 Å². The molecule has 0 unspecified atom stereocenters. The van der Waals surface area contributed by atoms with Gasteiger partial charge in [-0.05, 0) is 49.1 Å². The zero-order chi connectivity index (χ0) is 16.4. The maximum atomic E-state index is 12.5. The molecular weight excluding hydrogens is 290 g/mol. The molecule has 0 aliphatic rings. The second-order valence-electron chi connectivity index (χ2n) is 5.32. The number of hydrogen-bond donors (Lipinski definition) is 2. The van der Waals surface area contributed by atoms with Crippen LogP contribution < -0.4 is 16.2 Å². The zero-order valence-electron chi connectivity index (χ0n) is 13.4. The standard InChI is InChI=1S/C17H19N5O/c1-4-22-8-6-12-10-14(20-13-9-11(2)5-7-19-13)21-16(18-3)15(12)17(22)23/h5-10H,4H2,1-3H3,(H2,18,19,20,21). The first kappa shape index (κ1) is 15.0. The lowest BCUT2D eigenvalue weighted by Gasteiger charge is -2.11. The minimum absolute atomic E-state index is 0.0397. The van der Waals surface area contributed by atoms with Crippen LogP contribution >= 0.6 is 0 Å². The van der Waals surface area contributed by atoms with Crippen molar-refractivity contribution in [2.75, 3.05) is 17.7 Å². The highest BCUT2D eigenvalue weighted by Crippen LogP contribution is 2.23. The molecule has 23 heavy (non-hydrogen) atoms. The number of aromatic nitrogens is 3. The Kier molecular flexibility index (Phi) is 3.97. The van der Waals surface area contributed by atoms with Crippen molar-refractivity contribution in [2.24, 2.45) is 0 Å². The Morgan fingerprint density at radius 3 is 2.74 bits per heavy atom. The van der Waals surface area contributed by atoms with Gasteiger partial charge in [-0.25, -0.2) is 9.97 Å². The Hall–Kier alpha value is -2.89. The van der Waals surface area contributed by atoms with Crippen molar-refractivity contribution in [3.05, 3.63) is 52.6 Å². The lowest BCUT2D eigenvalue weighted by molar-refractivity contribution is 0.734. The van der Waals surface area contributed by atoms with Crippen LogP contribution in [0.3, 0.4) is 0 Å². The van der Waals surface area contributed by atoms with Crippen LogP contribution in [-0.2, 0) is 6.54 Å². The summed E-state index contributed by atoms with van der Waals surface area (Å²) in [5.74, 6) is 1.93. The summed E-state index contributed by atoms with van der Waals surface area (Å²) in [7, 11) is 1.76. The number of aryl methyl sites for hydroxylation is 2. The van der Waals surface area contributed by atoms with Crippen LogP contribution in [0.1, 0.15) is 12.5 Å². The van der Waals surface area contributed by atoms with Gasteiger partial charge in [0, 0.05) is 26.0 Å². The van der Waals surface area contributed by atoms with E-state index in [1.54, 1.807) is 24.0 Å². The van der Waals surface area contributed by atoms with Crippen molar-refractivity contribution in [1.29, 1.82) is 0 Å². The van der Waals surface area contributed by atoms with Crippen LogP contribution in [0.25, 0.3) is 10.8 Å². The van der Waals surface area contributed by atoms with Crippen LogP contribution in [0.5, 0.6) is 0 Å². The fourth-order valence-electron chi connectivity index (χ4n) is 2.53. The smallest absolute Gasteiger partial charge is 0.262 e. The van der Waals surface area contributed by atoms with Gasteiger partial charge in [0.15, 0.2) is 0 Å². The van der Waals surface area contributed by atoms with E-state index < -0.39 is 0 Å². The zero-order valence-corrected chi connectivity index (χ0v) is 13.4. The van der Waals surface area contributed by atoms with E-state index in [2.05, 4.69) is 20.6 Å². The first-order valence-corrected chi connectivity index (χ1v) is 7.54. The summed E-state index contributed by atoms with van der Waals surface area (Å²) in [5.41, 5.74) is 1.07. The predicted octanol–water partition coefficient (Wildman–Crippen LogP) is 2.91. The lowest BCUT2D eigenvalue weighted by atomic mass is 10.2. The van der Waals surface area contributed by atoms with Gasteiger partial charge in [0.05, 0.1) is 5.39 Å². The van der Waals surface area contributed by atoms with Crippen LogP contribution in [0.15, 0.2) is 41.5 Å². The van der Waals surface area contributed by atoms with Gasteiger partial charge in [-0.15, -0.1) is 0 Å². The first-order valence-electron chi connectivity index (χ1n) is 7.54. The summed E-state index contributed by atoms with van der Waals surface area (Å²) in [6.45, 7) is 4.58. The van der Waals surface area contributed by atoms with Crippen LogP contribution in [0, 0.1) is 6.92 Å². The lowest BCUT2D eigenvalue weighted by Crippen LogP contribution is -2.19. The summed E-state index contributed by atoms with van der Waals surface area (Å²) in [5, 5.41) is 7.64. The maximum absolute atomic E-state index is 12.5. The Morgan fingerprint density at radius 2 is 2.04 bits per heavy atom. The van der Waals surface area contributed by atoms with Crippen LogP contribution in [-0.4, -0.2) is 21.6 Å². The molecule has 6 nitrogen and oxygen atoms in total. The average molecular weight is 309 g/mol. The Bertz CT molecular complexity index is 916. The molecule has 0 saturated heterocycles. The Balaban J connectivity index is 2.12. The van der Waals surface area contributed by atoms with Crippen molar-refractivity contribution in [2.45, 2.75) is 20.4 Å². The molecule has 6 heteroatoms. The normalized spacial score (nSPS) is 10.7.